The second-order valence-electron chi connectivity index (χ2n) is 3.62. The number of hydrogen-bond acceptors (Lipinski definition) is 3. The summed E-state index contributed by atoms with van der Waals surface area (Å²) in [6.07, 6.45) is 1.39. The highest BCUT2D eigenvalue weighted by Gasteiger charge is 2.21. The number of hydrogen-bond donors (Lipinski definition) is 2. The third kappa shape index (κ3) is 16.6. The van der Waals surface area contributed by atoms with Crippen LogP contribution in [0, 0.1) is 0 Å². The van der Waals surface area contributed by atoms with Crippen molar-refractivity contribution >= 4 is 11.6 Å². The molecule has 92 valence electrons. The minimum Gasteiger partial charge on any atom is -0.373 e. The van der Waals surface area contributed by atoms with Crippen molar-refractivity contribution < 1.29 is 9.84 Å². The van der Waals surface area contributed by atoms with Crippen LogP contribution in [0.1, 0.15) is 26.7 Å². The van der Waals surface area contributed by atoms with Gasteiger partial charge in [-0.15, -0.1) is 0 Å². The molecular formula is C11H24ClNO2. The average molecular weight is 238 g/mol. The van der Waals surface area contributed by atoms with E-state index in [9.17, 15) is 5.11 Å². The van der Waals surface area contributed by atoms with Gasteiger partial charge in [-0.05, 0) is 27.4 Å². The van der Waals surface area contributed by atoms with Crippen molar-refractivity contribution in [3.8, 4) is 0 Å². The number of alkyl halides is 1. The highest BCUT2D eigenvalue weighted by molar-refractivity contribution is 6.22. The van der Waals surface area contributed by atoms with Gasteiger partial charge in [-0.2, -0.15) is 0 Å². The van der Waals surface area contributed by atoms with Crippen LogP contribution in [0.15, 0.2) is 12.2 Å². The third-order valence-electron chi connectivity index (χ3n) is 1.30. The van der Waals surface area contributed by atoms with Crippen LogP contribution in [0.2, 0.25) is 0 Å². The molecule has 0 aromatic carbocycles. The molecule has 0 aliphatic heterocycles. The predicted molar refractivity (Wildman–Crippen MR) is 66.3 cm³/mol. The van der Waals surface area contributed by atoms with Gasteiger partial charge in [0.05, 0.1) is 13.2 Å². The van der Waals surface area contributed by atoms with Crippen LogP contribution in [0.5, 0.6) is 0 Å². The minimum absolute atomic E-state index is 0.162. The Morgan fingerprint density at radius 3 is 2.33 bits per heavy atom. The molecule has 3 nitrogen and oxygen atoms in total. The molecule has 2 N–H and O–H groups in total. The Labute approximate surface area is 98.5 Å². The molecule has 4 heteroatoms. The van der Waals surface area contributed by atoms with Gasteiger partial charge in [-0.25, -0.2) is 0 Å². The SMILES string of the molecule is C=C(C)COCC(O)(Cl)CCC.CNC. The van der Waals surface area contributed by atoms with Crippen LogP contribution in [0.3, 0.4) is 0 Å². The summed E-state index contributed by atoms with van der Waals surface area (Å²) in [6.45, 7) is 8.12. The van der Waals surface area contributed by atoms with Crippen LogP contribution >= 0.6 is 11.6 Å². The van der Waals surface area contributed by atoms with Crippen molar-refractivity contribution in [1.29, 1.82) is 0 Å². The van der Waals surface area contributed by atoms with Gasteiger partial charge in [0, 0.05) is 0 Å². The maximum atomic E-state index is 9.44. The molecular weight excluding hydrogens is 214 g/mol. The summed E-state index contributed by atoms with van der Waals surface area (Å²) >= 11 is 5.72. The molecule has 1 unspecified atom stereocenters. The van der Waals surface area contributed by atoms with E-state index in [0.29, 0.717) is 13.0 Å². The van der Waals surface area contributed by atoms with E-state index >= 15 is 0 Å². The van der Waals surface area contributed by atoms with Crippen molar-refractivity contribution in [2.24, 2.45) is 0 Å². The molecule has 0 fully saturated rings. The molecule has 0 amide bonds. The Morgan fingerprint density at radius 2 is 2.00 bits per heavy atom. The second kappa shape index (κ2) is 10.4. The van der Waals surface area contributed by atoms with Gasteiger partial charge in [0.15, 0.2) is 5.06 Å². The van der Waals surface area contributed by atoms with Crippen LogP contribution in [0.25, 0.3) is 0 Å². The molecule has 0 radical (unpaired) electrons. The summed E-state index contributed by atoms with van der Waals surface area (Å²) in [5, 5.41) is 11.0. The van der Waals surface area contributed by atoms with Crippen LogP contribution in [-0.2, 0) is 4.74 Å². The van der Waals surface area contributed by atoms with Crippen molar-refractivity contribution in [2.75, 3.05) is 27.3 Å². The van der Waals surface area contributed by atoms with Crippen LogP contribution < -0.4 is 5.32 Å². The standard InChI is InChI=1S/C9H17ClO2.C2H7N/c1-4-5-9(10,11)7-12-6-8(2)3;1-3-2/h11H,2,4-7H2,1,3H3;3H,1-2H3. The molecule has 0 saturated carbocycles. The fourth-order valence-electron chi connectivity index (χ4n) is 0.837. The lowest BCUT2D eigenvalue weighted by Crippen LogP contribution is -2.27. The Hall–Kier alpha value is -0.0900. The summed E-state index contributed by atoms with van der Waals surface area (Å²) in [7, 11) is 3.75. The zero-order valence-corrected chi connectivity index (χ0v) is 11.0. The topological polar surface area (TPSA) is 41.5 Å². The summed E-state index contributed by atoms with van der Waals surface area (Å²) in [5.74, 6) is 0. The molecule has 0 aromatic rings. The van der Waals surface area contributed by atoms with Crippen LogP contribution in [-0.4, -0.2) is 37.5 Å². The minimum atomic E-state index is -1.20. The summed E-state index contributed by atoms with van der Waals surface area (Å²) in [4.78, 5) is 0. The highest BCUT2D eigenvalue weighted by atomic mass is 35.5. The largest absolute Gasteiger partial charge is 0.373 e. The Bertz CT molecular complexity index is 161. The molecule has 0 aliphatic rings. The van der Waals surface area contributed by atoms with E-state index in [4.69, 9.17) is 16.3 Å². The lowest BCUT2D eigenvalue weighted by molar-refractivity contribution is 0.0125. The summed E-state index contributed by atoms with van der Waals surface area (Å²) < 4.78 is 5.13. The molecule has 0 heterocycles. The zero-order chi connectivity index (χ0) is 12.3. The van der Waals surface area contributed by atoms with Gasteiger partial charge in [0.25, 0.3) is 0 Å². The molecule has 0 spiro atoms. The number of nitrogens with one attached hydrogen (secondary N) is 1. The maximum Gasteiger partial charge on any atom is 0.161 e. The number of aliphatic hydroxyl groups is 1. The molecule has 0 bridgehead atoms. The molecule has 0 saturated heterocycles. The molecule has 0 aliphatic carbocycles. The smallest absolute Gasteiger partial charge is 0.161 e. The van der Waals surface area contributed by atoms with Gasteiger partial charge >= 0.3 is 0 Å². The summed E-state index contributed by atoms with van der Waals surface area (Å²) in [5.41, 5.74) is 0.930. The first kappa shape index (κ1) is 17.3. The summed E-state index contributed by atoms with van der Waals surface area (Å²) in [6, 6.07) is 0. The lowest BCUT2D eigenvalue weighted by atomic mass is 10.2. The lowest BCUT2D eigenvalue weighted by Gasteiger charge is -2.19. The molecule has 0 rings (SSSR count). The number of rotatable bonds is 6. The van der Waals surface area contributed by atoms with E-state index in [1.54, 1.807) is 0 Å². The maximum absolute atomic E-state index is 9.44. The monoisotopic (exact) mass is 237 g/mol. The van der Waals surface area contributed by atoms with E-state index in [1.165, 1.54) is 0 Å². The van der Waals surface area contributed by atoms with Crippen molar-refractivity contribution in [2.45, 2.75) is 31.7 Å². The number of ether oxygens (including phenoxy) is 1. The van der Waals surface area contributed by atoms with E-state index in [1.807, 2.05) is 27.9 Å². The normalized spacial score (nSPS) is 13.7. The molecule has 1 atom stereocenters. The van der Waals surface area contributed by atoms with E-state index in [2.05, 4.69) is 11.9 Å². The second-order valence-corrected chi connectivity index (χ2v) is 4.32. The predicted octanol–water partition coefficient (Wildman–Crippen LogP) is 2.14. The van der Waals surface area contributed by atoms with Gasteiger partial charge in [-0.1, -0.05) is 37.1 Å². The van der Waals surface area contributed by atoms with E-state index < -0.39 is 5.06 Å². The zero-order valence-electron chi connectivity index (χ0n) is 10.3. The van der Waals surface area contributed by atoms with Gasteiger partial charge in [-0.3, -0.25) is 0 Å². The fourth-order valence-corrected chi connectivity index (χ4v) is 1.10. The Kier molecular flexibility index (Phi) is 12.0. The van der Waals surface area contributed by atoms with Crippen molar-refractivity contribution in [3.05, 3.63) is 12.2 Å². The van der Waals surface area contributed by atoms with Gasteiger partial charge in [0.2, 0.25) is 0 Å². The van der Waals surface area contributed by atoms with E-state index in [0.717, 1.165) is 12.0 Å². The fraction of sp³-hybridized carbons (Fsp3) is 0.818. The van der Waals surface area contributed by atoms with Crippen LogP contribution in [0.4, 0.5) is 0 Å². The van der Waals surface area contributed by atoms with Gasteiger partial charge in [0.1, 0.15) is 0 Å². The number of halogens is 1. The van der Waals surface area contributed by atoms with Gasteiger partial charge < -0.3 is 15.2 Å². The quantitative estimate of drug-likeness (QED) is 0.550. The first-order valence-corrected chi connectivity index (χ1v) is 5.49. The average Bonchev–Trinajstić information content (AvgIpc) is 2.03. The highest BCUT2D eigenvalue weighted by Crippen LogP contribution is 2.18. The van der Waals surface area contributed by atoms with E-state index in [-0.39, 0.29) is 6.61 Å². The third-order valence-corrected chi connectivity index (χ3v) is 1.60. The molecule has 15 heavy (non-hydrogen) atoms. The first-order chi connectivity index (χ1) is 6.89. The van der Waals surface area contributed by atoms with Crippen molar-refractivity contribution in [1.82, 2.24) is 5.32 Å². The Morgan fingerprint density at radius 1 is 1.53 bits per heavy atom. The Balaban J connectivity index is 0. The van der Waals surface area contributed by atoms with Crippen molar-refractivity contribution in [3.63, 3.8) is 0 Å². The molecule has 0 aromatic heterocycles. The first-order valence-electron chi connectivity index (χ1n) is 5.11.